The first-order valence-electron chi connectivity index (χ1n) is 9.19. The molecule has 2 heterocycles. The summed E-state index contributed by atoms with van der Waals surface area (Å²) in [6.07, 6.45) is 1.46. The van der Waals surface area contributed by atoms with Crippen molar-refractivity contribution >= 4 is 27.3 Å². The normalized spacial score (nSPS) is 11.0. The molecule has 2 aromatic heterocycles. The van der Waals surface area contributed by atoms with Crippen molar-refractivity contribution in [1.82, 2.24) is 9.55 Å². The molecule has 6 heteroatoms. The number of carbonyl (C=O) groups is 1. The van der Waals surface area contributed by atoms with Gasteiger partial charge in [0.05, 0.1) is 25.4 Å². The van der Waals surface area contributed by atoms with E-state index in [9.17, 15) is 9.59 Å². The lowest BCUT2D eigenvalue weighted by Crippen LogP contribution is -2.24. The number of Topliss-reactive ketones (excluding diaryl/α,β-unsaturated/α-hetero) is 1. The van der Waals surface area contributed by atoms with Crippen molar-refractivity contribution in [2.75, 3.05) is 7.11 Å². The minimum Gasteiger partial charge on any atom is -0.497 e. The first-order chi connectivity index (χ1) is 14.0. The standard InChI is InChI=1S/C23H20N2O3S/c1-14-4-5-17(10-15(14)2)20(26)11-25-13-24-22-21(23(25)27)19(12-29-22)16-6-8-18(28-3)9-7-16/h4-10,12-13H,11H2,1-3H3. The summed E-state index contributed by atoms with van der Waals surface area (Å²) in [5.41, 5.74) is 4.30. The van der Waals surface area contributed by atoms with Gasteiger partial charge in [-0.25, -0.2) is 4.98 Å². The average Bonchev–Trinajstić information content (AvgIpc) is 3.17. The number of hydrogen-bond acceptors (Lipinski definition) is 5. The van der Waals surface area contributed by atoms with Crippen LogP contribution in [0.25, 0.3) is 21.3 Å². The van der Waals surface area contributed by atoms with Crippen LogP contribution in [0.4, 0.5) is 0 Å². The number of aryl methyl sites for hydroxylation is 2. The molecule has 0 bridgehead atoms. The van der Waals surface area contributed by atoms with E-state index in [4.69, 9.17) is 4.74 Å². The van der Waals surface area contributed by atoms with Crippen molar-refractivity contribution in [2.24, 2.45) is 0 Å². The van der Waals surface area contributed by atoms with Crippen LogP contribution in [0.3, 0.4) is 0 Å². The zero-order valence-electron chi connectivity index (χ0n) is 16.4. The monoisotopic (exact) mass is 404 g/mol. The van der Waals surface area contributed by atoms with E-state index in [1.807, 2.05) is 55.6 Å². The highest BCUT2D eigenvalue weighted by atomic mass is 32.1. The Morgan fingerprint density at radius 2 is 1.86 bits per heavy atom. The number of thiophene rings is 1. The molecule has 0 aliphatic heterocycles. The molecule has 4 aromatic rings. The molecule has 0 saturated carbocycles. The Morgan fingerprint density at radius 3 is 2.55 bits per heavy atom. The molecule has 5 nitrogen and oxygen atoms in total. The van der Waals surface area contributed by atoms with Gasteiger partial charge >= 0.3 is 0 Å². The summed E-state index contributed by atoms with van der Waals surface area (Å²) in [6, 6.07) is 13.1. The van der Waals surface area contributed by atoms with Crippen LogP contribution in [0.1, 0.15) is 21.5 Å². The van der Waals surface area contributed by atoms with Gasteiger partial charge in [0.15, 0.2) is 5.78 Å². The second-order valence-corrected chi connectivity index (χ2v) is 7.82. The summed E-state index contributed by atoms with van der Waals surface area (Å²) in [5.74, 6) is 0.639. The maximum atomic E-state index is 13.1. The van der Waals surface area contributed by atoms with Gasteiger partial charge in [-0.1, -0.05) is 24.3 Å². The largest absolute Gasteiger partial charge is 0.497 e. The molecule has 29 heavy (non-hydrogen) atoms. The van der Waals surface area contributed by atoms with Crippen molar-refractivity contribution < 1.29 is 9.53 Å². The van der Waals surface area contributed by atoms with E-state index in [2.05, 4.69) is 4.98 Å². The van der Waals surface area contributed by atoms with Crippen molar-refractivity contribution in [3.8, 4) is 16.9 Å². The van der Waals surface area contributed by atoms with Crippen molar-refractivity contribution in [3.05, 3.63) is 81.2 Å². The average molecular weight is 404 g/mol. The van der Waals surface area contributed by atoms with Gasteiger partial charge in [-0.2, -0.15) is 0 Å². The number of ether oxygens (including phenoxy) is 1. The lowest BCUT2D eigenvalue weighted by Gasteiger charge is -2.08. The number of methoxy groups -OCH3 is 1. The quantitative estimate of drug-likeness (QED) is 0.455. The van der Waals surface area contributed by atoms with Gasteiger partial charge < -0.3 is 4.74 Å². The van der Waals surface area contributed by atoms with Gasteiger partial charge in [0.1, 0.15) is 10.6 Å². The van der Waals surface area contributed by atoms with Crippen LogP contribution in [0.5, 0.6) is 5.75 Å². The van der Waals surface area contributed by atoms with Crippen LogP contribution in [-0.2, 0) is 6.54 Å². The summed E-state index contributed by atoms with van der Waals surface area (Å²) in [7, 11) is 1.62. The third kappa shape index (κ3) is 3.59. The Balaban J connectivity index is 1.72. The van der Waals surface area contributed by atoms with Crippen LogP contribution in [0.15, 0.2) is 59.0 Å². The highest BCUT2D eigenvalue weighted by molar-refractivity contribution is 7.17. The second-order valence-electron chi connectivity index (χ2n) is 6.96. The van der Waals surface area contributed by atoms with E-state index < -0.39 is 0 Å². The zero-order valence-corrected chi connectivity index (χ0v) is 17.2. The molecular weight excluding hydrogens is 384 g/mol. The molecule has 4 rings (SSSR count). The zero-order chi connectivity index (χ0) is 20.5. The molecule has 0 aliphatic rings. The lowest BCUT2D eigenvalue weighted by molar-refractivity contribution is 0.0970. The predicted octanol–water partition coefficient (Wildman–Crippen LogP) is 4.63. The van der Waals surface area contributed by atoms with E-state index in [1.54, 1.807) is 13.2 Å². The molecule has 0 fully saturated rings. The summed E-state index contributed by atoms with van der Waals surface area (Å²) in [4.78, 5) is 30.9. The van der Waals surface area contributed by atoms with Gasteiger partial charge in [0.2, 0.25) is 0 Å². The van der Waals surface area contributed by atoms with E-state index in [1.165, 1.54) is 22.2 Å². The fraction of sp³-hybridized carbons (Fsp3) is 0.174. The van der Waals surface area contributed by atoms with Gasteiger partial charge in [0, 0.05) is 16.5 Å². The Morgan fingerprint density at radius 1 is 1.10 bits per heavy atom. The Kier molecular flexibility index (Phi) is 5.03. The van der Waals surface area contributed by atoms with Crippen molar-refractivity contribution in [2.45, 2.75) is 20.4 Å². The molecule has 146 valence electrons. The number of aromatic nitrogens is 2. The molecule has 0 N–H and O–H groups in total. The Bertz CT molecular complexity index is 1270. The molecule has 0 unspecified atom stereocenters. The highest BCUT2D eigenvalue weighted by Gasteiger charge is 2.16. The molecule has 0 amide bonds. The highest BCUT2D eigenvalue weighted by Crippen LogP contribution is 2.31. The number of ketones is 1. The van der Waals surface area contributed by atoms with Crippen LogP contribution in [0.2, 0.25) is 0 Å². The minimum absolute atomic E-state index is 0.0395. The summed E-state index contributed by atoms with van der Waals surface area (Å²) < 4.78 is 6.59. The summed E-state index contributed by atoms with van der Waals surface area (Å²) >= 11 is 1.42. The summed E-state index contributed by atoms with van der Waals surface area (Å²) in [6.45, 7) is 3.93. The van der Waals surface area contributed by atoms with Crippen molar-refractivity contribution in [1.29, 1.82) is 0 Å². The van der Waals surface area contributed by atoms with Gasteiger partial charge in [0.25, 0.3) is 5.56 Å². The maximum Gasteiger partial charge on any atom is 0.263 e. The number of nitrogens with zero attached hydrogens (tertiary/aromatic N) is 2. The van der Waals surface area contributed by atoms with Gasteiger partial charge in [-0.3, -0.25) is 14.2 Å². The molecule has 0 spiro atoms. The third-order valence-corrected chi connectivity index (χ3v) is 5.99. The predicted molar refractivity (Wildman–Crippen MR) is 116 cm³/mol. The van der Waals surface area contributed by atoms with Crippen molar-refractivity contribution in [3.63, 3.8) is 0 Å². The van der Waals surface area contributed by atoms with E-state index in [0.717, 1.165) is 28.0 Å². The fourth-order valence-electron chi connectivity index (χ4n) is 3.22. The van der Waals surface area contributed by atoms with Crippen LogP contribution >= 0.6 is 11.3 Å². The molecule has 0 atom stereocenters. The molecule has 0 aliphatic carbocycles. The second kappa shape index (κ2) is 7.64. The van der Waals surface area contributed by atoms with Crippen LogP contribution < -0.4 is 10.3 Å². The van der Waals surface area contributed by atoms with Gasteiger partial charge in [-0.15, -0.1) is 11.3 Å². The van der Waals surface area contributed by atoms with Gasteiger partial charge in [-0.05, 0) is 48.7 Å². The summed E-state index contributed by atoms with van der Waals surface area (Å²) in [5, 5.41) is 2.46. The topological polar surface area (TPSA) is 61.2 Å². The fourth-order valence-corrected chi connectivity index (χ4v) is 4.13. The number of carbonyl (C=O) groups excluding carboxylic acids is 1. The Hall–Kier alpha value is -3.25. The number of rotatable bonds is 5. The molecule has 0 radical (unpaired) electrons. The first-order valence-corrected chi connectivity index (χ1v) is 10.1. The minimum atomic E-state index is -0.209. The molecule has 2 aromatic carbocycles. The first kappa shape index (κ1) is 19.1. The lowest BCUT2D eigenvalue weighted by atomic mass is 10.0. The smallest absolute Gasteiger partial charge is 0.263 e. The number of benzene rings is 2. The third-order valence-electron chi connectivity index (χ3n) is 5.10. The number of hydrogen-bond donors (Lipinski definition) is 0. The number of fused-ring (bicyclic) bond motifs is 1. The molecular formula is C23H20N2O3S. The van der Waals surface area contributed by atoms with E-state index in [-0.39, 0.29) is 17.9 Å². The van der Waals surface area contributed by atoms with E-state index in [0.29, 0.717) is 15.8 Å². The Labute approximate surface area is 172 Å². The van der Waals surface area contributed by atoms with E-state index >= 15 is 0 Å². The van der Waals surface area contributed by atoms with Crippen LogP contribution in [-0.4, -0.2) is 22.4 Å². The SMILES string of the molecule is COc1ccc(-c2csc3ncn(CC(=O)c4ccc(C)c(C)c4)c(=O)c23)cc1. The molecule has 0 saturated heterocycles. The maximum absolute atomic E-state index is 13.1. The van der Waals surface area contributed by atoms with Crippen LogP contribution in [0, 0.1) is 13.8 Å².